The average Bonchev–Trinajstić information content (AvgIpc) is 3.74. The minimum atomic E-state index is -0.490. The fraction of sp³-hybridized carbons (Fsp3) is 0.236. The van der Waals surface area contributed by atoms with Crippen molar-refractivity contribution in [3.8, 4) is 28.1 Å². The summed E-state index contributed by atoms with van der Waals surface area (Å²) in [5.41, 5.74) is 17.5. The van der Waals surface area contributed by atoms with E-state index in [1.165, 1.54) is 50.0 Å². The number of fused-ring (bicyclic) bond motifs is 6. The number of nitrogens with zero attached hydrogens (tertiary/aromatic N) is 4. The molecule has 60 heavy (non-hydrogen) atoms. The normalized spacial score (nSPS) is 18.4. The first-order chi connectivity index (χ1) is 28.2. The van der Waals surface area contributed by atoms with Gasteiger partial charge < -0.3 is 19.4 Å². The summed E-state index contributed by atoms with van der Waals surface area (Å²) in [6.45, 7) is 20.4. The Hall–Kier alpha value is -5.57. The second kappa shape index (κ2) is 14.3. The number of hydrogen-bond acceptors (Lipinski definition) is 3. The molecule has 0 N–H and O–H groups in total. The van der Waals surface area contributed by atoms with Crippen LogP contribution in [0.3, 0.4) is 0 Å². The molecule has 0 amide bonds. The molecule has 5 heteroatoms. The van der Waals surface area contributed by atoms with Crippen LogP contribution in [0, 0.1) is 39.8 Å². The van der Waals surface area contributed by atoms with E-state index >= 15 is 0 Å². The molecule has 0 saturated carbocycles. The van der Waals surface area contributed by atoms with Crippen LogP contribution in [0.1, 0.15) is 79.1 Å². The maximum absolute atomic E-state index is 5.91. The molecular formula is C55H50N4Pt. The van der Waals surface area contributed by atoms with Gasteiger partial charge in [-0.15, -0.1) is 47.5 Å². The van der Waals surface area contributed by atoms with E-state index in [1.807, 2.05) is 6.20 Å². The Labute approximate surface area is 369 Å². The predicted molar refractivity (Wildman–Crippen MR) is 246 cm³/mol. The van der Waals surface area contributed by atoms with Crippen molar-refractivity contribution in [1.29, 1.82) is 0 Å². The van der Waals surface area contributed by atoms with Crippen LogP contribution in [0.2, 0.25) is 0 Å². The molecule has 1 aliphatic heterocycles. The summed E-state index contributed by atoms with van der Waals surface area (Å²) >= 11 is 0. The molecule has 8 aromatic rings. The second-order valence-electron chi connectivity index (χ2n) is 18.4. The number of hydrogen-bond donors (Lipinski definition) is 0. The molecule has 2 atom stereocenters. The van der Waals surface area contributed by atoms with Gasteiger partial charge in [0.25, 0.3) is 0 Å². The zero-order valence-electron chi connectivity index (χ0n) is 35.9. The third kappa shape index (κ3) is 6.13. The third-order valence-electron chi connectivity index (χ3n) is 13.2. The van der Waals surface area contributed by atoms with Crippen LogP contribution < -0.4 is 4.90 Å². The van der Waals surface area contributed by atoms with Crippen LogP contribution in [0.15, 0.2) is 133 Å². The molecule has 1 aliphatic carbocycles. The predicted octanol–water partition coefficient (Wildman–Crippen LogP) is 13.1. The summed E-state index contributed by atoms with van der Waals surface area (Å²) in [4.78, 5) is 13.3. The molecule has 6 aromatic carbocycles. The summed E-state index contributed by atoms with van der Waals surface area (Å²) in [5, 5.41) is 2.32. The van der Waals surface area contributed by atoms with Crippen molar-refractivity contribution < 1.29 is 21.1 Å². The monoisotopic (exact) mass is 961 g/mol. The number of pyridine rings is 1. The van der Waals surface area contributed by atoms with Gasteiger partial charge in [0.15, 0.2) is 0 Å². The van der Waals surface area contributed by atoms with Gasteiger partial charge in [-0.1, -0.05) is 128 Å². The van der Waals surface area contributed by atoms with Crippen LogP contribution in [-0.2, 0) is 38.4 Å². The maximum atomic E-state index is 5.91. The van der Waals surface area contributed by atoms with Crippen molar-refractivity contribution >= 4 is 33.3 Å². The van der Waals surface area contributed by atoms with Crippen molar-refractivity contribution in [3.63, 3.8) is 0 Å². The Kier molecular flexibility index (Phi) is 9.49. The van der Waals surface area contributed by atoms with Gasteiger partial charge in [-0.25, -0.2) is 0 Å². The Morgan fingerprint density at radius 1 is 0.667 bits per heavy atom. The third-order valence-corrected chi connectivity index (χ3v) is 13.2. The Morgan fingerprint density at radius 2 is 1.40 bits per heavy atom. The molecule has 0 unspecified atom stereocenters. The molecule has 300 valence electrons. The summed E-state index contributed by atoms with van der Waals surface area (Å²) in [6, 6.07) is 52.2. The zero-order chi connectivity index (χ0) is 41.0. The Bertz CT molecular complexity index is 3020. The van der Waals surface area contributed by atoms with E-state index in [0.29, 0.717) is 0 Å². The summed E-state index contributed by atoms with van der Waals surface area (Å²) < 4.78 is 2.35. The number of aliphatic imine (C=N–C) groups is 1. The van der Waals surface area contributed by atoms with Gasteiger partial charge in [0.05, 0.1) is 16.9 Å². The van der Waals surface area contributed by atoms with Crippen molar-refractivity contribution in [3.05, 3.63) is 184 Å². The number of para-hydroxylation sites is 1. The van der Waals surface area contributed by atoms with Gasteiger partial charge in [-0.05, 0) is 121 Å². The molecule has 10 rings (SSSR count). The van der Waals surface area contributed by atoms with E-state index in [9.17, 15) is 0 Å². The topological polar surface area (TPSA) is 33.4 Å². The first-order valence-corrected chi connectivity index (χ1v) is 20.9. The van der Waals surface area contributed by atoms with Gasteiger partial charge in [0.1, 0.15) is 0 Å². The SMILES string of the molecule is Cc1cc(C)c(N2C(c3[c-]c(-n4c5[c-]c(-c6cc(C(C)(C)C)ccn6)ccc5c5ccccc54)cc(-c4ccccc4)c3)=N[C@]3(C)c4ccc(C)cc4C[C@]23C)c(C)c1.[Pt+2]. The number of benzene rings is 6. The van der Waals surface area contributed by atoms with Gasteiger partial charge in [0.2, 0.25) is 0 Å². The summed E-state index contributed by atoms with van der Waals surface area (Å²) in [6.07, 6.45) is 2.81. The largest absolute Gasteiger partial charge is 2.00 e. The Morgan fingerprint density at radius 3 is 2.15 bits per heavy atom. The smallest absolute Gasteiger partial charge is 0.357 e. The van der Waals surface area contributed by atoms with Crippen molar-refractivity contribution in [1.82, 2.24) is 9.55 Å². The van der Waals surface area contributed by atoms with Crippen LogP contribution >= 0.6 is 0 Å². The first kappa shape index (κ1) is 39.9. The van der Waals surface area contributed by atoms with E-state index in [1.54, 1.807) is 0 Å². The molecule has 0 saturated heterocycles. The van der Waals surface area contributed by atoms with E-state index in [-0.39, 0.29) is 32.0 Å². The van der Waals surface area contributed by atoms with Crippen LogP contribution in [0.4, 0.5) is 5.69 Å². The number of aromatic nitrogens is 2. The van der Waals surface area contributed by atoms with Gasteiger partial charge in [-0.3, -0.25) is 0 Å². The summed E-state index contributed by atoms with van der Waals surface area (Å²) in [5.74, 6) is 0.948. The standard InChI is InChI=1S/C55H50N4.Pt/c1-34-19-22-47-42(27-34)33-54(8)55(47,9)57-52(59(54)51-36(3)25-35(2)26-37(51)4)41-28-40(38-15-11-10-12-16-38)29-44(30-41)58-49-18-14-13-17-45(49)46-21-20-39(31-50(46)58)48-32-43(23-24-56-48)53(5,6)7;/h10-29,32H,33H2,1-9H3;/q-2;+2/t54-,55+;/m0./s1. The van der Waals surface area contributed by atoms with Crippen molar-refractivity contribution in [2.45, 2.75) is 85.2 Å². The van der Waals surface area contributed by atoms with Crippen LogP contribution in [0.25, 0.3) is 49.9 Å². The fourth-order valence-electron chi connectivity index (χ4n) is 10.1. The molecule has 0 bridgehead atoms. The van der Waals surface area contributed by atoms with Crippen molar-refractivity contribution in [2.24, 2.45) is 4.99 Å². The average molecular weight is 962 g/mol. The van der Waals surface area contributed by atoms with Crippen LogP contribution in [0.5, 0.6) is 0 Å². The molecule has 2 aliphatic rings. The molecule has 0 spiro atoms. The van der Waals surface area contributed by atoms with Gasteiger partial charge in [0, 0.05) is 17.4 Å². The molecule has 4 nitrogen and oxygen atoms in total. The number of amidine groups is 1. The maximum Gasteiger partial charge on any atom is 2.00 e. The molecule has 0 radical (unpaired) electrons. The number of rotatable bonds is 5. The van der Waals surface area contributed by atoms with Crippen LogP contribution in [-0.4, -0.2) is 20.9 Å². The van der Waals surface area contributed by atoms with Gasteiger partial charge in [-0.2, -0.15) is 0 Å². The zero-order valence-corrected chi connectivity index (χ0v) is 38.2. The van der Waals surface area contributed by atoms with Crippen molar-refractivity contribution in [2.75, 3.05) is 4.90 Å². The fourth-order valence-corrected chi connectivity index (χ4v) is 10.1. The quantitative estimate of drug-likeness (QED) is 0.161. The molecule has 3 heterocycles. The first-order valence-electron chi connectivity index (χ1n) is 20.9. The number of anilines is 1. The minimum Gasteiger partial charge on any atom is -0.357 e. The molecule has 0 fully saturated rings. The van der Waals surface area contributed by atoms with E-state index in [2.05, 4.69) is 205 Å². The number of aryl methyl sites for hydroxylation is 4. The van der Waals surface area contributed by atoms with Gasteiger partial charge >= 0.3 is 21.1 Å². The Balaban J connectivity index is 0.00000462. The molecule has 2 aromatic heterocycles. The minimum absolute atomic E-state index is 0. The summed E-state index contributed by atoms with van der Waals surface area (Å²) in [7, 11) is 0. The molecular weight excluding hydrogens is 912 g/mol. The second-order valence-corrected chi connectivity index (χ2v) is 18.4. The van der Waals surface area contributed by atoms with E-state index in [0.717, 1.165) is 62.3 Å². The van der Waals surface area contributed by atoms with E-state index < -0.39 is 5.54 Å². The van der Waals surface area contributed by atoms with E-state index in [4.69, 9.17) is 9.98 Å².